The standard InChI is InChI=1S/C21H17NO3S/c23-21(22-11-13-5-8-17-18(9-13)25-12-24-17)19-10-15-7-6-14-3-1-2-4-16(14)20(15)26-19/h1-5,8-10H,6-7,11-12H2,(H,22,23). The van der Waals surface area contributed by atoms with Crippen molar-refractivity contribution < 1.29 is 14.3 Å². The Bertz CT molecular complexity index is 1010. The highest BCUT2D eigenvalue weighted by Crippen LogP contribution is 2.39. The van der Waals surface area contributed by atoms with Crippen LogP contribution in [-0.2, 0) is 19.4 Å². The summed E-state index contributed by atoms with van der Waals surface area (Å²) in [6.45, 7) is 0.724. The predicted octanol–water partition coefficient (Wildman–Crippen LogP) is 4.17. The summed E-state index contributed by atoms with van der Waals surface area (Å²) in [5.41, 5.74) is 4.92. The first-order valence-electron chi connectivity index (χ1n) is 8.65. The van der Waals surface area contributed by atoms with Crippen LogP contribution >= 0.6 is 11.3 Å². The van der Waals surface area contributed by atoms with Gasteiger partial charge in [0.1, 0.15) is 0 Å². The van der Waals surface area contributed by atoms with Gasteiger partial charge < -0.3 is 14.8 Å². The second-order valence-electron chi connectivity index (χ2n) is 6.49. The Balaban J connectivity index is 1.33. The van der Waals surface area contributed by atoms with E-state index in [0.29, 0.717) is 6.54 Å². The molecule has 2 aromatic carbocycles. The molecule has 130 valence electrons. The number of aryl methyl sites for hydroxylation is 2. The summed E-state index contributed by atoms with van der Waals surface area (Å²) in [6.07, 6.45) is 2.04. The number of fused-ring (bicyclic) bond motifs is 4. The van der Waals surface area contributed by atoms with Crippen molar-refractivity contribution in [3.8, 4) is 21.9 Å². The van der Waals surface area contributed by atoms with Gasteiger partial charge in [-0.3, -0.25) is 4.79 Å². The Morgan fingerprint density at radius 3 is 2.81 bits per heavy atom. The molecule has 0 spiro atoms. The fourth-order valence-corrected chi connectivity index (χ4v) is 4.69. The van der Waals surface area contributed by atoms with Crippen LogP contribution in [0.2, 0.25) is 0 Å². The highest BCUT2D eigenvalue weighted by atomic mass is 32.1. The molecule has 0 fully saturated rings. The van der Waals surface area contributed by atoms with E-state index in [2.05, 4.69) is 29.6 Å². The molecule has 1 amide bonds. The molecule has 1 aliphatic heterocycles. The molecule has 1 aliphatic carbocycles. The Morgan fingerprint density at radius 1 is 1.00 bits per heavy atom. The van der Waals surface area contributed by atoms with Gasteiger partial charge in [0.15, 0.2) is 11.5 Å². The number of rotatable bonds is 3. The van der Waals surface area contributed by atoms with Gasteiger partial charge in [0.25, 0.3) is 5.91 Å². The molecular formula is C21H17NO3S. The third-order valence-electron chi connectivity index (χ3n) is 4.85. The van der Waals surface area contributed by atoms with Crippen LogP contribution in [-0.4, -0.2) is 12.7 Å². The smallest absolute Gasteiger partial charge is 0.261 e. The second kappa shape index (κ2) is 6.18. The normalized spacial score (nSPS) is 13.8. The van der Waals surface area contributed by atoms with E-state index in [9.17, 15) is 4.79 Å². The van der Waals surface area contributed by atoms with Crippen LogP contribution in [0.15, 0.2) is 48.5 Å². The van der Waals surface area contributed by atoms with Crippen molar-refractivity contribution in [1.82, 2.24) is 5.32 Å². The molecule has 0 saturated carbocycles. The van der Waals surface area contributed by atoms with Gasteiger partial charge in [0.2, 0.25) is 6.79 Å². The first kappa shape index (κ1) is 15.5. The number of amides is 1. The number of hydrogen-bond donors (Lipinski definition) is 1. The maximum absolute atomic E-state index is 12.6. The zero-order chi connectivity index (χ0) is 17.5. The minimum Gasteiger partial charge on any atom is -0.454 e. The van der Waals surface area contributed by atoms with E-state index in [1.54, 1.807) is 11.3 Å². The quantitative estimate of drug-likeness (QED) is 0.760. The molecule has 2 aliphatic rings. The summed E-state index contributed by atoms with van der Waals surface area (Å²) in [5.74, 6) is 1.46. The van der Waals surface area contributed by atoms with Gasteiger partial charge in [0, 0.05) is 11.4 Å². The minimum atomic E-state index is -0.0282. The van der Waals surface area contributed by atoms with E-state index < -0.39 is 0 Å². The number of carbonyl (C=O) groups is 1. The van der Waals surface area contributed by atoms with Crippen LogP contribution in [0.5, 0.6) is 11.5 Å². The lowest BCUT2D eigenvalue weighted by molar-refractivity contribution is 0.0955. The molecule has 5 heteroatoms. The lowest BCUT2D eigenvalue weighted by Gasteiger charge is -2.15. The maximum Gasteiger partial charge on any atom is 0.261 e. The molecule has 1 N–H and O–H groups in total. The zero-order valence-corrected chi connectivity index (χ0v) is 14.9. The van der Waals surface area contributed by atoms with Gasteiger partial charge in [-0.15, -0.1) is 11.3 Å². The van der Waals surface area contributed by atoms with Crippen LogP contribution in [0.4, 0.5) is 0 Å². The Morgan fingerprint density at radius 2 is 1.85 bits per heavy atom. The van der Waals surface area contributed by atoms with Crippen LogP contribution < -0.4 is 14.8 Å². The molecular weight excluding hydrogens is 346 g/mol. The number of thiophene rings is 1. The fourth-order valence-electron chi connectivity index (χ4n) is 3.50. The topological polar surface area (TPSA) is 47.6 Å². The summed E-state index contributed by atoms with van der Waals surface area (Å²) in [6, 6.07) is 16.3. The molecule has 26 heavy (non-hydrogen) atoms. The Kier molecular flexibility index (Phi) is 3.68. The van der Waals surface area contributed by atoms with E-state index in [4.69, 9.17) is 9.47 Å². The number of hydrogen-bond acceptors (Lipinski definition) is 4. The Hall–Kier alpha value is -2.79. The highest BCUT2D eigenvalue weighted by Gasteiger charge is 2.21. The van der Waals surface area contributed by atoms with Crippen molar-refractivity contribution in [3.05, 3.63) is 70.1 Å². The average Bonchev–Trinajstić information content (AvgIpc) is 3.32. The van der Waals surface area contributed by atoms with E-state index in [-0.39, 0.29) is 12.7 Å². The second-order valence-corrected chi connectivity index (χ2v) is 7.54. The first-order valence-corrected chi connectivity index (χ1v) is 9.47. The SMILES string of the molecule is O=C(NCc1ccc2c(c1)OCO2)c1cc2c(s1)-c1ccccc1CC2. The molecule has 1 aromatic heterocycles. The highest BCUT2D eigenvalue weighted by molar-refractivity contribution is 7.17. The van der Waals surface area contributed by atoms with E-state index in [1.165, 1.54) is 21.6 Å². The zero-order valence-electron chi connectivity index (χ0n) is 14.1. The molecule has 0 atom stereocenters. The molecule has 2 heterocycles. The van der Waals surface area contributed by atoms with E-state index in [0.717, 1.165) is 34.8 Å². The Labute approximate surface area is 155 Å². The summed E-state index contributed by atoms with van der Waals surface area (Å²) in [7, 11) is 0. The molecule has 0 radical (unpaired) electrons. The molecule has 5 rings (SSSR count). The van der Waals surface area contributed by atoms with E-state index >= 15 is 0 Å². The lowest BCUT2D eigenvalue weighted by atomic mass is 9.91. The fraction of sp³-hybridized carbons (Fsp3) is 0.190. The summed E-state index contributed by atoms with van der Waals surface area (Å²) in [5, 5.41) is 3.01. The minimum absolute atomic E-state index is 0.0282. The van der Waals surface area contributed by atoms with Gasteiger partial charge in [-0.2, -0.15) is 0 Å². The van der Waals surface area contributed by atoms with Crippen molar-refractivity contribution in [2.75, 3.05) is 6.79 Å². The third kappa shape index (κ3) is 2.65. The molecule has 0 unspecified atom stereocenters. The largest absolute Gasteiger partial charge is 0.454 e. The summed E-state index contributed by atoms with van der Waals surface area (Å²) in [4.78, 5) is 14.6. The van der Waals surface area contributed by atoms with Gasteiger partial charge >= 0.3 is 0 Å². The molecule has 3 aromatic rings. The summed E-state index contributed by atoms with van der Waals surface area (Å²) >= 11 is 1.58. The van der Waals surface area contributed by atoms with Crippen molar-refractivity contribution >= 4 is 17.2 Å². The van der Waals surface area contributed by atoms with Gasteiger partial charge in [0.05, 0.1) is 4.88 Å². The lowest BCUT2D eigenvalue weighted by Crippen LogP contribution is -2.21. The van der Waals surface area contributed by atoms with Crippen LogP contribution in [0.25, 0.3) is 10.4 Å². The van der Waals surface area contributed by atoms with Crippen LogP contribution in [0.1, 0.15) is 26.4 Å². The maximum atomic E-state index is 12.6. The number of benzene rings is 2. The van der Waals surface area contributed by atoms with Crippen LogP contribution in [0, 0.1) is 0 Å². The third-order valence-corrected chi connectivity index (χ3v) is 6.06. The number of nitrogens with one attached hydrogen (secondary N) is 1. The number of carbonyl (C=O) groups excluding carboxylic acids is 1. The van der Waals surface area contributed by atoms with Crippen molar-refractivity contribution in [3.63, 3.8) is 0 Å². The van der Waals surface area contributed by atoms with Crippen LogP contribution in [0.3, 0.4) is 0 Å². The van der Waals surface area contributed by atoms with Crippen molar-refractivity contribution in [2.45, 2.75) is 19.4 Å². The van der Waals surface area contributed by atoms with Gasteiger partial charge in [-0.25, -0.2) is 0 Å². The molecule has 4 nitrogen and oxygen atoms in total. The summed E-state index contributed by atoms with van der Waals surface area (Å²) < 4.78 is 10.7. The predicted molar refractivity (Wildman–Crippen MR) is 101 cm³/mol. The van der Waals surface area contributed by atoms with E-state index in [1.807, 2.05) is 24.3 Å². The van der Waals surface area contributed by atoms with Crippen molar-refractivity contribution in [2.24, 2.45) is 0 Å². The molecule has 0 saturated heterocycles. The monoisotopic (exact) mass is 363 g/mol. The number of ether oxygens (including phenoxy) is 2. The average molecular weight is 363 g/mol. The van der Waals surface area contributed by atoms with Gasteiger partial charge in [-0.05, 0) is 53.3 Å². The molecule has 0 bridgehead atoms. The van der Waals surface area contributed by atoms with Gasteiger partial charge in [-0.1, -0.05) is 30.3 Å². The first-order chi connectivity index (χ1) is 12.8. The van der Waals surface area contributed by atoms with Crippen molar-refractivity contribution in [1.29, 1.82) is 0 Å².